The number of amides is 4. The number of anilines is 3. The van der Waals surface area contributed by atoms with Gasteiger partial charge in [-0.15, -0.1) is 0 Å². The van der Waals surface area contributed by atoms with Crippen molar-refractivity contribution in [3.63, 3.8) is 0 Å². The van der Waals surface area contributed by atoms with E-state index in [0.29, 0.717) is 24.7 Å². The second-order valence-electron chi connectivity index (χ2n) is 16.9. The van der Waals surface area contributed by atoms with Gasteiger partial charge in [0, 0.05) is 104 Å². The fourth-order valence-corrected chi connectivity index (χ4v) is 8.85. The molecule has 15 heteroatoms. The first kappa shape index (κ1) is 37.0. The maximum Gasteiger partial charge on any atom is 0.328 e. The molecule has 3 saturated heterocycles. The number of nitrogens with zero attached hydrogens (tertiary/aromatic N) is 8. The molecule has 15 nitrogen and oxygen atoms in total. The van der Waals surface area contributed by atoms with Crippen LogP contribution < -0.4 is 25.3 Å². The molecular weight excluding hydrogens is 747 g/mol. The highest BCUT2D eigenvalue weighted by Crippen LogP contribution is 2.46. The zero-order valence-electron chi connectivity index (χ0n) is 33.5. The molecule has 4 amide bonds. The maximum atomic E-state index is 13.0. The quantitative estimate of drug-likeness (QED) is 0.155. The first-order chi connectivity index (χ1) is 28.6. The molecule has 4 fully saturated rings. The van der Waals surface area contributed by atoms with Gasteiger partial charge in [0.1, 0.15) is 12.0 Å². The molecule has 0 radical (unpaired) electrons. The van der Waals surface area contributed by atoms with E-state index in [1.165, 1.54) is 5.69 Å². The van der Waals surface area contributed by atoms with E-state index in [0.717, 1.165) is 114 Å². The molecule has 1 atom stereocenters. The van der Waals surface area contributed by atoms with E-state index in [1.807, 2.05) is 32.0 Å². The molecule has 302 valence electrons. The lowest BCUT2D eigenvalue weighted by Crippen LogP contribution is -2.55. The lowest BCUT2D eigenvalue weighted by molar-refractivity contribution is -0.120. The van der Waals surface area contributed by atoms with Crippen LogP contribution in [-0.2, 0) is 10.2 Å². The number of aryl methyl sites for hydroxylation is 1. The highest BCUT2D eigenvalue weighted by atomic mass is 16.5. The van der Waals surface area contributed by atoms with Crippen molar-refractivity contribution in [2.24, 2.45) is 5.92 Å². The summed E-state index contributed by atoms with van der Waals surface area (Å²) >= 11 is 0. The minimum atomic E-state index is -0.378. The van der Waals surface area contributed by atoms with Gasteiger partial charge in [-0.05, 0) is 80.3 Å². The van der Waals surface area contributed by atoms with Gasteiger partial charge in [-0.1, -0.05) is 30.3 Å². The standard InChI is InChI=1S/C44H47N11O4/c1-26-20-29(4-10-33(26)27(2)47-40(57)41-50-42(51-59-41)44(3)13-14-44)38-37-34-11-9-32(21-35(34)48-39(37)46-25-45-38)53-18-16-52(17-19-53)22-28-23-54(24-28)30-5-7-31(8-6-30)55-15-12-36(56)49-43(55)58/h4-11,20-21,25,27-28H,12-19,22-24H2,1-3H3,(H,47,57)(H,45,46,48)(H,49,56,58). The Bertz CT molecular complexity index is 2600. The number of carbonyl (C=O) groups excluding carboxylic acids is 3. The van der Waals surface area contributed by atoms with Crippen LogP contribution in [0.3, 0.4) is 0 Å². The van der Waals surface area contributed by atoms with Crippen molar-refractivity contribution in [3.8, 4) is 11.3 Å². The van der Waals surface area contributed by atoms with E-state index in [9.17, 15) is 14.4 Å². The van der Waals surface area contributed by atoms with E-state index < -0.39 is 0 Å². The molecule has 1 aliphatic carbocycles. The van der Waals surface area contributed by atoms with Crippen molar-refractivity contribution in [1.82, 2.24) is 40.6 Å². The van der Waals surface area contributed by atoms with Crippen molar-refractivity contribution >= 4 is 56.8 Å². The monoisotopic (exact) mass is 793 g/mol. The van der Waals surface area contributed by atoms with Gasteiger partial charge in [0.2, 0.25) is 5.91 Å². The molecule has 59 heavy (non-hydrogen) atoms. The largest absolute Gasteiger partial charge is 0.371 e. The van der Waals surface area contributed by atoms with Crippen molar-refractivity contribution in [2.45, 2.75) is 51.5 Å². The zero-order chi connectivity index (χ0) is 40.4. The second-order valence-corrected chi connectivity index (χ2v) is 16.9. The number of fused-ring (bicyclic) bond motifs is 3. The minimum absolute atomic E-state index is 0.00570. The number of urea groups is 1. The molecule has 0 bridgehead atoms. The molecular formula is C44H47N11O4. The van der Waals surface area contributed by atoms with E-state index in [2.05, 4.69) is 94.8 Å². The van der Waals surface area contributed by atoms with Crippen LogP contribution in [0, 0.1) is 12.8 Å². The predicted molar refractivity (Wildman–Crippen MR) is 225 cm³/mol. The Morgan fingerprint density at radius 2 is 1.69 bits per heavy atom. The molecule has 3 aromatic heterocycles. The molecule has 6 heterocycles. The predicted octanol–water partition coefficient (Wildman–Crippen LogP) is 5.72. The van der Waals surface area contributed by atoms with Crippen molar-refractivity contribution in [1.29, 1.82) is 0 Å². The number of hydrogen-bond donors (Lipinski definition) is 3. The highest BCUT2D eigenvalue weighted by molar-refractivity contribution is 6.12. The van der Waals surface area contributed by atoms with E-state index in [4.69, 9.17) is 9.51 Å². The molecule has 3 N–H and O–H groups in total. The Kier molecular flexibility index (Phi) is 9.07. The lowest BCUT2D eigenvalue weighted by atomic mass is 9.97. The first-order valence-electron chi connectivity index (χ1n) is 20.5. The Hall–Kier alpha value is -6.35. The number of benzene rings is 3. The smallest absolute Gasteiger partial charge is 0.328 e. The number of hydrogen-bond acceptors (Lipinski definition) is 11. The summed E-state index contributed by atoms with van der Waals surface area (Å²) in [4.78, 5) is 63.1. The molecule has 3 aliphatic heterocycles. The fourth-order valence-electron chi connectivity index (χ4n) is 8.85. The Morgan fingerprint density at radius 1 is 0.932 bits per heavy atom. The van der Waals surface area contributed by atoms with Crippen molar-refractivity contribution in [2.75, 3.05) is 67.1 Å². The lowest BCUT2D eigenvalue weighted by Gasteiger charge is -2.45. The van der Waals surface area contributed by atoms with E-state index in [1.54, 1.807) is 11.2 Å². The Morgan fingerprint density at radius 3 is 2.44 bits per heavy atom. The molecule has 4 aliphatic rings. The average molecular weight is 794 g/mol. The Balaban J connectivity index is 0.754. The summed E-state index contributed by atoms with van der Waals surface area (Å²) in [5.74, 6) is 0.613. The number of imide groups is 1. The summed E-state index contributed by atoms with van der Waals surface area (Å²) in [6, 6.07) is 20.3. The van der Waals surface area contributed by atoms with Crippen LogP contribution >= 0.6 is 0 Å². The fraction of sp³-hybridized carbons (Fsp3) is 0.386. The van der Waals surface area contributed by atoms with E-state index >= 15 is 0 Å². The maximum absolute atomic E-state index is 13.0. The van der Waals surface area contributed by atoms with Crippen LogP contribution in [0.4, 0.5) is 21.9 Å². The third kappa shape index (κ3) is 7.02. The second kappa shape index (κ2) is 14.5. The molecule has 6 aromatic rings. The van der Waals surface area contributed by atoms with Gasteiger partial charge in [-0.25, -0.2) is 14.8 Å². The van der Waals surface area contributed by atoms with Gasteiger partial charge in [0.25, 0.3) is 0 Å². The first-order valence-corrected chi connectivity index (χ1v) is 20.5. The summed E-state index contributed by atoms with van der Waals surface area (Å²) in [5, 5.41) is 11.5. The van der Waals surface area contributed by atoms with Crippen LogP contribution in [0.1, 0.15) is 66.8 Å². The average Bonchev–Trinajstić information content (AvgIpc) is 3.59. The van der Waals surface area contributed by atoms with Gasteiger partial charge in [-0.3, -0.25) is 24.7 Å². The van der Waals surface area contributed by atoms with E-state index in [-0.39, 0.29) is 35.2 Å². The number of piperazine rings is 1. The van der Waals surface area contributed by atoms with Crippen molar-refractivity contribution < 1.29 is 18.9 Å². The molecule has 1 saturated carbocycles. The van der Waals surface area contributed by atoms with Gasteiger partial charge in [0.15, 0.2) is 5.82 Å². The number of H-pyrrole nitrogens is 1. The molecule has 1 unspecified atom stereocenters. The summed E-state index contributed by atoms with van der Waals surface area (Å²) in [6.45, 7) is 13.6. The third-order valence-corrected chi connectivity index (χ3v) is 12.7. The SMILES string of the molecule is Cc1cc(-c2ncnc3[nH]c4cc(N5CCN(CC6CN(c7ccc(N8CCC(=O)NC8=O)cc7)C6)CC5)ccc4c23)ccc1C(C)NC(=O)c1nc(C2(C)CC2)no1. The number of carbonyl (C=O) groups is 3. The number of aromatic amines is 1. The van der Waals surface area contributed by atoms with Crippen LogP contribution in [-0.4, -0.2) is 100 Å². The van der Waals surface area contributed by atoms with Crippen LogP contribution in [0.5, 0.6) is 0 Å². The van der Waals surface area contributed by atoms with Gasteiger partial charge >= 0.3 is 17.8 Å². The molecule has 10 rings (SSSR count). The highest BCUT2D eigenvalue weighted by Gasteiger charge is 2.44. The summed E-state index contributed by atoms with van der Waals surface area (Å²) in [5.41, 5.74) is 8.79. The third-order valence-electron chi connectivity index (χ3n) is 12.7. The summed E-state index contributed by atoms with van der Waals surface area (Å²) < 4.78 is 5.29. The number of rotatable bonds is 10. The minimum Gasteiger partial charge on any atom is -0.371 e. The normalized spacial score (nSPS) is 18.9. The van der Waals surface area contributed by atoms with Crippen LogP contribution in [0.2, 0.25) is 0 Å². The van der Waals surface area contributed by atoms with Crippen LogP contribution in [0.25, 0.3) is 33.2 Å². The number of aromatic nitrogens is 5. The Labute approximate surface area is 341 Å². The zero-order valence-corrected chi connectivity index (χ0v) is 33.5. The molecule has 3 aromatic carbocycles. The van der Waals surface area contributed by atoms with Crippen molar-refractivity contribution in [3.05, 3.63) is 89.8 Å². The summed E-state index contributed by atoms with van der Waals surface area (Å²) in [6.07, 6.45) is 3.94. The molecule has 0 spiro atoms. The van der Waals surface area contributed by atoms with Gasteiger partial charge < -0.3 is 24.6 Å². The van der Waals surface area contributed by atoms with Gasteiger partial charge in [0.05, 0.1) is 17.1 Å². The number of nitrogens with one attached hydrogen (secondary N) is 3. The van der Waals surface area contributed by atoms with Gasteiger partial charge in [-0.2, -0.15) is 4.98 Å². The summed E-state index contributed by atoms with van der Waals surface area (Å²) in [7, 11) is 0. The van der Waals surface area contributed by atoms with Crippen LogP contribution in [0.15, 0.2) is 71.5 Å². The topological polar surface area (TPSA) is 169 Å².